The molecular weight excluding hydrogens is 261 g/mol. The van der Waals surface area contributed by atoms with Crippen molar-refractivity contribution in [2.24, 2.45) is 0 Å². The predicted molar refractivity (Wildman–Crippen MR) is 62.5 cm³/mol. The Morgan fingerprint density at radius 1 is 1.21 bits per heavy atom. The van der Waals surface area contributed by atoms with E-state index in [9.17, 15) is 0 Å². The molecule has 74 valence electrons. The Balaban J connectivity index is 0.000000980. The SMILES string of the molecule is Cl.N#CC1(c2ccc(Br)cc2)CCC1. The van der Waals surface area contributed by atoms with Gasteiger partial charge in [-0.25, -0.2) is 0 Å². The first-order valence-corrected chi connectivity index (χ1v) is 5.23. The summed E-state index contributed by atoms with van der Waals surface area (Å²) in [5.74, 6) is 0. The summed E-state index contributed by atoms with van der Waals surface area (Å²) in [7, 11) is 0. The first kappa shape index (κ1) is 11.6. The minimum absolute atomic E-state index is 0. The molecule has 0 N–H and O–H groups in total. The lowest BCUT2D eigenvalue weighted by atomic mass is 9.66. The second kappa shape index (κ2) is 4.33. The summed E-state index contributed by atoms with van der Waals surface area (Å²) in [5.41, 5.74) is 1.00. The molecule has 2 rings (SSSR count). The monoisotopic (exact) mass is 271 g/mol. The maximum Gasteiger partial charge on any atom is 0.0822 e. The van der Waals surface area contributed by atoms with Crippen LogP contribution in [0, 0.1) is 11.3 Å². The van der Waals surface area contributed by atoms with Crippen LogP contribution in [0.15, 0.2) is 28.7 Å². The van der Waals surface area contributed by atoms with Crippen LogP contribution in [0.3, 0.4) is 0 Å². The minimum atomic E-state index is -0.166. The van der Waals surface area contributed by atoms with Gasteiger partial charge in [-0.1, -0.05) is 28.1 Å². The highest BCUT2D eigenvalue weighted by molar-refractivity contribution is 9.10. The summed E-state index contributed by atoms with van der Waals surface area (Å²) in [6.07, 6.45) is 3.22. The van der Waals surface area contributed by atoms with Crippen LogP contribution in [-0.2, 0) is 5.41 Å². The zero-order chi connectivity index (χ0) is 9.31. The smallest absolute Gasteiger partial charge is 0.0822 e. The number of hydrogen-bond acceptors (Lipinski definition) is 1. The highest BCUT2D eigenvalue weighted by Gasteiger charge is 2.38. The third-order valence-corrected chi connectivity index (χ3v) is 3.35. The van der Waals surface area contributed by atoms with Crippen molar-refractivity contribution in [3.8, 4) is 6.07 Å². The van der Waals surface area contributed by atoms with Crippen molar-refractivity contribution in [3.05, 3.63) is 34.3 Å². The van der Waals surface area contributed by atoms with E-state index >= 15 is 0 Å². The van der Waals surface area contributed by atoms with Crippen LogP contribution in [0.25, 0.3) is 0 Å². The summed E-state index contributed by atoms with van der Waals surface area (Å²) in [6.45, 7) is 0. The summed E-state index contributed by atoms with van der Waals surface area (Å²) >= 11 is 3.39. The lowest BCUT2D eigenvalue weighted by Crippen LogP contribution is -2.32. The van der Waals surface area contributed by atoms with E-state index in [0.29, 0.717) is 0 Å². The van der Waals surface area contributed by atoms with E-state index in [1.807, 2.05) is 24.3 Å². The molecule has 0 aliphatic heterocycles. The molecule has 1 aliphatic carbocycles. The lowest BCUT2D eigenvalue weighted by molar-refractivity contribution is 0.324. The van der Waals surface area contributed by atoms with Gasteiger partial charge in [0.15, 0.2) is 0 Å². The highest BCUT2D eigenvalue weighted by atomic mass is 79.9. The summed E-state index contributed by atoms with van der Waals surface area (Å²) in [5, 5.41) is 9.10. The van der Waals surface area contributed by atoms with E-state index < -0.39 is 0 Å². The number of hydrogen-bond donors (Lipinski definition) is 0. The van der Waals surface area contributed by atoms with Crippen LogP contribution >= 0.6 is 28.3 Å². The Kier molecular flexibility index (Phi) is 3.58. The Morgan fingerprint density at radius 2 is 1.79 bits per heavy atom. The number of rotatable bonds is 1. The maximum absolute atomic E-state index is 9.10. The van der Waals surface area contributed by atoms with E-state index in [1.54, 1.807) is 0 Å². The second-order valence-electron chi connectivity index (χ2n) is 3.55. The molecule has 1 aliphatic rings. The third-order valence-electron chi connectivity index (χ3n) is 2.82. The average molecular weight is 273 g/mol. The van der Waals surface area contributed by atoms with Crippen molar-refractivity contribution in [3.63, 3.8) is 0 Å². The zero-order valence-electron chi connectivity index (χ0n) is 7.66. The van der Waals surface area contributed by atoms with Gasteiger partial charge >= 0.3 is 0 Å². The van der Waals surface area contributed by atoms with Crippen molar-refractivity contribution in [2.45, 2.75) is 24.7 Å². The van der Waals surface area contributed by atoms with Crippen molar-refractivity contribution in [1.82, 2.24) is 0 Å². The predicted octanol–water partition coefficient (Wildman–Crippen LogP) is 3.82. The Bertz CT molecular complexity index is 349. The molecule has 3 heteroatoms. The van der Waals surface area contributed by atoms with Gasteiger partial charge in [0.05, 0.1) is 11.5 Å². The van der Waals surface area contributed by atoms with Crippen LogP contribution in [0.5, 0.6) is 0 Å². The summed E-state index contributed by atoms with van der Waals surface area (Å²) in [4.78, 5) is 0. The van der Waals surface area contributed by atoms with Crippen molar-refractivity contribution in [2.75, 3.05) is 0 Å². The standard InChI is InChI=1S/C11H10BrN.ClH/c12-10-4-2-9(3-5-10)11(8-13)6-1-7-11;/h2-5H,1,6-7H2;1H. The van der Waals surface area contributed by atoms with E-state index in [2.05, 4.69) is 22.0 Å². The third kappa shape index (κ3) is 1.80. The molecular formula is C11H11BrClN. The Hall–Kier alpha value is -0.520. The van der Waals surface area contributed by atoms with Gasteiger partial charge in [-0.05, 0) is 37.0 Å². The molecule has 1 aromatic rings. The lowest BCUT2D eigenvalue weighted by Gasteiger charge is -2.35. The average Bonchev–Trinajstić information content (AvgIpc) is 2.07. The largest absolute Gasteiger partial charge is 0.197 e. The van der Waals surface area contributed by atoms with Crippen molar-refractivity contribution in [1.29, 1.82) is 5.26 Å². The van der Waals surface area contributed by atoms with Gasteiger partial charge in [-0.3, -0.25) is 0 Å². The molecule has 1 fully saturated rings. The van der Waals surface area contributed by atoms with Crippen LogP contribution in [0.4, 0.5) is 0 Å². The van der Waals surface area contributed by atoms with Crippen molar-refractivity contribution >= 4 is 28.3 Å². The number of benzene rings is 1. The molecule has 1 saturated carbocycles. The van der Waals surface area contributed by atoms with Crippen LogP contribution in [0.2, 0.25) is 0 Å². The zero-order valence-corrected chi connectivity index (χ0v) is 10.1. The van der Waals surface area contributed by atoms with Gasteiger partial charge in [0.1, 0.15) is 0 Å². The molecule has 1 aromatic carbocycles. The van der Waals surface area contributed by atoms with Gasteiger partial charge in [0, 0.05) is 4.47 Å². The quantitative estimate of drug-likeness (QED) is 0.762. The van der Waals surface area contributed by atoms with Crippen LogP contribution in [0.1, 0.15) is 24.8 Å². The molecule has 0 amide bonds. The minimum Gasteiger partial charge on any atom is -0.197 e. The van der Waals surface area contributed by atoms with Gasteiger partial charge in [0.25, 0.3) is 0 Å². The maximum atomic E-state index is 9.10. The van der Waals surface area contributed by atoms with E-state index in [1.165, 1.54) is 12.0 Å². The van der Waals surface area contributed by atoms with Gasteiger partial charge in [-0.2, -0.15) is 5.26 Å². The molecule has 14 heavy (non-hydrogen) atoms. The molecule has 0 bridgehead atoms. The van der Waals surface area contributed by atoms with E-state index in [4.69, 9.17) is 5.26 Å². The fourth-order valence-electron chi connectivity index (χ4n) is 1.76. The van der Waals surface area contributed by atoms with Crippen molar-refractivity contribution < 1.29 is 0 Å². The van der Waals surface area contributed by atoms with Crippen LogP contribution < -0.4 is 0 Å². The molecule has 0 saturated heterocycles. The number of nitriles is 1. The second-order valence-corrected chi connectivity index (χ2v) is 4.47. The number of nitrogens with zero attached hydrogens (tertiary/aromatic N) is 1. The molecule has 0 atom stereocenters. The molecule has 0 radical (unpaired) electrons. The number of halogens is 2. The molecule has 0 aromatic heterocycles. The van der Waals surface area contributed by atoms with E-state index in [-0.39, 0.29) is 17.8 Å². The highest BCUT2D eigenvalue weighted by Crippen LogP contribution is 2.43. The summed E-state index contributed by atoms with van der Waals surface area (Å²) < 4.78 is 1.07. The Labute approximate surface area is 98.7 Å². The van der Waals surface area contributed by atoms with E-state index in [0.717, 1.165) is 17.3 Å². The molecule has 1 nitrogen and oxygen atoms in total. The first-order valence-electron chi connectivity index (χ1n) is 4.44. The van der Waals surface area contributed by atoms with Crippen LogP contribution in [-0.4, -0.2) is 0 Å². The van der Waals surface area contributed by atoms with Gasteiger partial charge in [-0.15, -0.1) is 12.4 Å². The molecule has 0 heterocycles. The normalized spacial score (nSPS) is 17.4. The van der Waals surface area contributed by atoms with Gasteiger partial charge < -0.3 is 0 Å². The molecule has 0 spiro atoms. The summed E-state index contributed by atoms with van der Waals surface area (Å²) in [6, 6.07) is 10.5. The Morgan fingerprint density at radius 3 is 2.14 bits per heavy atom. The first-order chi connectivity index (χ1) is 6.27. The topological polar surface area (TPSA) is 23.8 Å². The fourth-order valence-corrected chi connectivity index (χ4v) is 2.03. The van der Waals surface area contributed by atoms with Gasteiger partial charge in [0.2, 0.25) is 0 Å². The molecule has 0 unspecified atom stereocenters. The fraction of sp³-hybridized carbons (Fsp3) is 0.364.